The second kappa shape index (κ2) is 5.32. The van der Waals surface area contributed by atoms with Gasteiger partial charge in [-0.2, -0.15) is 0 Å². The van der Waals surface area contributed by atoms with Crippen LogP contribution in [-0.4, -0.2) is 42.5 Å². The van der Waals surface area contributed by atoms with Crippen LogP contribution < -0.4 is 10.1 Å². The fourth-order valence-electron chi connectivity index (χ4n) is 2.55. The molecule has 0 spiro atoms. The number of halogens is 1. The Morgan fingerprint density at radius 1 is 1.40 bits per heavy atom. The maximum atomic E-state index is 12.4. The lowest BCUT2D eigenvalue weighted by Gasteiger charge is -2.22. The summed E-state index contributed by atoms with van der Waals surface area (Å²) in [7, 11) is 0. The highest BCUT2D eigenvalue weighted by Gasteiger charge is 2.33. The van der Waals surface area contributed by atoms with Gasteiger partial charge in [0.1, 0.15) is 5.75 Å². The molecule has 1 aromatic rings. The molecule has 0 saturated carbocycles. The van der Waals surface area contributed by atoms with Crippen LogP contribution in [0.3, 0.4) is 0 Å². The molecule has 3 rings (SSSR count). The first-order valence-corrected chi connectivity index (χ1v) is 7.02. The monoisotopic (exact) mass is 294 g/mol. The largest absolute Gasteiger partial charge is 0.480 e. The number of hydrogen-bond acceptors (Lipinski definition) is 3. The van der Waals surface area contributed by atoms with E-state index in [1.165, 1.54) is 0 Å². The molecule has 1 N–H and O–H groups in total. The van der Waals surface area contributed by atoms with E-state index >= 15 is 0 Å². The standard InChI is InChI=1S/C14H15ClN2O3/c15-10-1-2-11-9(7-10)8-12(20-11)14(19)17-5-3-13(18)16-4-6-17/h1-2,7,12H,3-6,8H2,(H,16,18). The highest BCUT2D eigenvalue weighted by Crippen LogP contribution is 2.31. The maximum absolute atomic E-state index is 12.4. The quantitative estimate of drug-likeness (QED) is 0.840. The van der Waals surface area contributed by atoms with Gasteiger partial charge in [-0.3, -0.25) is 9.59 Å². The Morgan fingerprint density at radius 3 is 3.10 bits per heavy atom. The molecule has 1 unspecified atom stereocenters. The molecule has 2 aliphatic heterocycles. The van der Waals surface area contributed by atoms with Crippen molar-refractivity contribution < 1.29 is 14.3 Å². The molecule has 0 aliphatic carbocycles. The first kappa shape index (κ1) is 13.2. The van der Waals surface area contributed by atoms with Crippen molar-refractivity contribution in [3.63, 3.8) is 0 Å². The maximum Gasteiger partial charge on any atom is 0.264 e. The summed E-state index contributed by atoms with van der Waals surface area (Å²) in [6.45, 7) is 1.47. The average Bonchev–Trinajstić information content (AvgIpc) is 2.72. The van der Waals surface area contributed by atoms with Gasteiger partial charge in [0.15, 0.2) is 6.10 Å². The third kappa shape index (κ3) is 2.58. The van der Waals surface area contributed by atoms with Crippen LogP contribution in [0, 0.1) is 0 Å². The number of benzene rings is 1. The van der Waals surface area contributed by atoms with Crippen LogP contribution in [0.25, 0.3) is 0 Å². The van der Waals surface area contributed by atoms with Crippen LogP contribution in [0.5, 0.6) is 5.75 Å². The van der Waals surface area contributed by atoms with E-state index in [1.54, 1.807) is 17.0 Å². The predicted octanol–water partition coefficient (Wildman–Crippen LogP) is 0.992. The summed E-state index contributed by atoms with van der Waals surface area (Å²) in [4.78, 5) is 25.4. The van der Waals surface area contributed by atoms with Crippen molar-refractivity contribution in [1.29, 1.82) is 0 Å². The molecule has 6 heteroatoms. The van der Waals surface area contributed by atoms with Gasteiger partial charge in [0, 0.05) is 37.5 Å². The summed E-state index contributed by atoms with van der Waals surface area (Å²) in [5.74, 6) is 0.647. The van der Waals surface area contributed by atoms with E-state index in [-0.39, 0.29) is 11.8 Å². The predicted molar refractivity (Wildman–Crippen MR) is 73.8 cm³/mol. The fourth-order valence-corrected chi connectivity index (χ4v) is 2.74. The third-order valence-electron chi connectivity index (χ3n) is 3.60. The molecule has 1 aromatic carbocycles. The molecular formula is C14H15ClN2O3. The summed E-state index contributed by atoms with van der Waals surface area (Å²) in [5, 5.41) is 3.40. The summed E-state index contributed by atoms with van der Waals surface area (Å²) in [6, 6.07) is 5.37. The van der Waals surface area contributed by atoms with Gasteiger partial charge in [-0.05, 0) is 23.8 Å². The molecule has 1 atom stereocenters. The number of carbonyl (C=O) groups is 2. The van der Waals surface area contributed by atoms with Crippen molar-refractivity contribution in [1.82, 2.24) is 10.2 Å². The number of rotatable bonds is 1. The van der Waals surface area contributed by atoms with E-state index in [9.17, 15) is 9.59 Å². The summed E-state index contributed by atoms with van der Waals surface area (Å²) >= 11 is 5.94. The lowest BCUT2D eigenvalue weighted by Crippen LogP contribution is -2.43. The number of carbonyl (C=O) groups excluding carboxylic acids is 2. The topological polar surface area (TPSA) is 58.6 Å². The van der Waals surface area contributed by atoms with Gasteiger partial charge < -0.3 is 15.0 Å². The van der Waals surface area contributed by atoms with Gasteiger partial charge in [-0.25, -0.2) is 0 Å². The minimum atomic E-state index is -0.503. The minimum Gasteiger partial charge on any atom is -0.480 e. The van der Waals surface area contributed by atoms with E-state index < -0.39 is 6.10 Å². The SMILES string of the molecule is O=C1CCN(C(=O)C2Cc3cc(Cl)ccc3O2)CCN1. The Balaban J connectivity index is 1.69. The highest BCUT2D eigenvalue weighted by atomic mass is 35.5. The van der Waals surface area contributed by atoms with Crippen LogP contribution in [0.1, 0.15) is 12.0 Å². The zero-order chi connectivity index (χ0) is 14.1. The number of nitrogens with one attached hydrogen (secondary N) is 1. The van der Waals surface area contributed by atoms with Gasteiger partial charge in [-0.1, -0.05) is 11.6 Å². The molecule has 1 fully saturated rings. The van der Waals surface area contributed by atoms with Crippen molar-refractivity contribution in [2.45, 2.75) is 18.9 Å². The zero-order valence-electron chi connectivity index (χ0n) is 10.9. The van der Waals surface area contributed by atoms with Crippen LogP contribution >= 0.6 is 11.6 Å². The Kier molecular flexibility index (Phi) is 3.53. The molecule has 5 nitrogen and oxygen atoms in total. The normalized spacial score (nSPS) is 21.8. The van der Waals surface area contributed by atoms with Gasteiger partial charge in [-0.15, -0.1) is 0 Å². The third-order valence-corrected chi connectivity index (χ3v) is 3.83. The highest BCUT2D eigenvalue weighted by molar-refractivity contribution is 6.30. The van der Waals surface area contributed by atoms with E-state index in [0.29, 0.717) is 37.5 Å². The lowest BCUT2D eigenvalue weighted by molar-refractivity contribution is -0.137. The molecule has 2 aliphatic rings. The molecule has 0 radical (unpaired) electrons. The first-order chi connectivity index (χ1) is 9.63. The second-order valence-electron chi connectivity index (χ2n) is 4.99. The molecule has 2 heterocycles. The van der Waals surface area contributed by atoms with E-state index in [2.05, 4.69) is 5.32 Å². The van der Waals surface area contributed by atoms with Crippen molar-refractivity contribution in [2.24, 2.45) is 0 Å². The smallest absolute Gasteiger partial charge is 0.264 e. The lowest BCUT2D eigenvalue weighted by atomic mass is 10.1. The van der Waals surface area contributed by atoms with Crippen molar-refractivity contribution >= 4 is 23.4 Å². The average molecular weight is 295 g/mol. The number of fused-ring (bicyclic) bond motifs is 1. The van der Waals surface area contributed by atoms with Crippen LogP contribution in [0.15, 0.2) is 18.2 Å². The summed E-state index contributed by atoms with van der Waals surface area (Å²) in [5.41, 5.74) is 0.958. The Bertz CT molecular complexity index is 561. The van der Waals surface area contributed by atoms with E-state index in [1.807, 2.05) is 6.07 Å². The number of hydrogen-bond donors (Lipinski definition) is 1. The molecular weight excluding hydrogens is 280 g/mol. The van der Waals surface area contributed by atoms with Crippen molar-refractivity contribution in [3.8, 4) is 5.75 Å². The molecule has 20 heavy (non-hydrogen) atoms. The molecule has 1 saturated heterocycles. The van der Waals surface area contributed by atoms with Gasteiger partial charge in [0.2, 0.25) is 5.91 Å². The second-order valence-corrected chi connectivity index (χ2v) is 5.42. The zero-order valence-corrected chi connectivity index (χ0v) is 11.7. The first-order valence-electron chi connectivity index (χ1n) is 6.64. The van der Waals surface area contributed by atoms with Gasteiger partial charge in [0.05, 0.1) is 0 Å². The van der Waals surface area contributed by atoms with Gasteiger partial charge >= 0.3 is 0 Å². The van der Waals surface area contributed by atoms with Crippen molar-refractivity contribution in [3.05, 3.63) is 28.8 Å². The Labute approximate surface area is 121 Å². The van der Waals surface area contributed by atoms with Crippen LogP contribution in [0.2, 0.25) is 5.02 Å². The van der Waals surface area contributed by atoms with E-state index in [0.717, 1.165) is 11.3 Å². The molecule has 2 amide bonds. The Morgan fingerprint density at radius 2 is 2.25 bits per heavy atom. The van der Waals surface area contributed by atoms with Crippen molar-refractivity contribution in [2.75, 3.05) is 19.6 Å². The fraction of sp³-hybridized carbons (Fsp3) is 0.429. The number of nitrogens with zero attached hydrogens (tertiary/aromatic N) is 1. The molecule has 0 bridgehead atoms. The summed E-state index contributed by atoms with van der Waals surface area (Å²) in [6.07, 6.45) is 0.376. The number of amides is 2. The van der Waals surface area contributed by atoms with E-state index in [4.69, 9.17) is 16.3 Å². The summed E-state index contributed by atoms with van der Waals surface area (Å²) < 4.78 is 5.69. The van der Waals surface area contributed by atoms with Crippen LogP contribution in [-0.2, 0) is 16.0 Å². The molecule has 106 valence electrons. The minimum absolute atomic E-state index is 0.0114. The van der Waals surface area contributed by atoms with Gasteiger partial charge in [0.25, 0.3) is 5.91 Å². The van der Waals surface area contributed by atoms with Crippen LogP contribution in [0.4, 0.5) is 0 Å². The number of ether oxygens (including phenoxy) is 1. The molecule has 0 aromatic heterocycles. The Hall–Kier alpha value is -1.75.